The van der Waals surface area contributed by atoms with E-state index >= 15 is 0 Å². The number of hydrogen-bond donors (Lipinski definition) is 1. The molecule has 0 spiro atoms. The molecule has 0 radical (unpaired) electrons. The quantitative estimate of drug-likeness (QED) is 0.855. The highest BCUT2D eigenvalue weighted by Crippen LogP contribution is 2.29. The van der Waals surface area contributed by atoms with Crippen molar-refractivity contribution in [3.63, 3.8) is 0 Å². The lowest BCUT2D eigenvalue weighted by Gasteiger charge is -2.20. The fourth-order valence-electron chi connectivity index (χ4n) is 3.69. The maximum atomic E-state index is 12.8. The molecule has 0 saturated carbocycles. The van der Waals surface area contributed by atoms with Gasteiger partial charge in [-0.15, -0.1) is 0 Å². The Bertz CT molecular complexity index is 924. The Morgan fingerprint density at radius 2 is 1.64 bits per heavy atom. The van der Waals surface area contributed by atoms with E-state index in [0.29, 0.717) is 25.2 Å². The van der Waals surface area contributed by atoms with Gasteiger partial charge in [-0.2, -0.15) is 4.31 Å². The molecule has 148 valence electrons. The summed E-state index contributed by atoms with van der Waals surface area (Å²) in [5, 5.41) is 2.81. The molecular formula is C21H24N2O4S. The van der Waals surface area contributed by atoms with Gasteiger partial charge in [0.1, 0.15) is 5.75 Å². The zero-order valence-electron chi connectivity index (χ0n) is 15.6. The number of hydrogen-bond acceptors (Lipinski definition) is 4. The number of nitrogens with zero attached hydrogens (tertiary/aromatic N) is 1. The number of ether oxygens (including phenoxy) is 1. The second kappa shape index (κ2) is 7.93. The standard InChI is InChI=1S/C21H24N2O4S/c24-21(20-15-16-7-3-4-8-19(16)27-20)22-17-9-11-18(12-10-17)28(25,26)23-13-5-1-2-6-14-23/h3-4,7-12,20H,1-2,5-6,13-15H2,(H,22,24). The van der Waals surface area contributed by atoms with Gasteiger partial charge in [0.15, 0.2) is 6.10 Å². The van der Waals surface area contributed by atoms with Crippen LogP contribution in [0.15, 0.2) is 53.4 Å². The van der Waals surface area contributed by atoms with Gasteiger partial charge >= 0.3 is 0 Å². The molecule has 4 rings (SSSR count). The van der Waals surface area contributed by atoms with Crippen molar-refractivity contribution in [1.29, 1.82) is 0 Å². The van der Waals surface area contributed by atoms with Gasteiger partial charge in [-0.3, -0.25) is 4.79 Å². The highest BCUT2D eigenvalue weighted by Gasteiger charge is 2.29. The smallest absolute Gasteiger partial charge is 0.265 e. The van der Waals surface area contributed by atoms with Crippen LogP contribution in [0.1, 0.15) is 31.2 Å². The van der Waals surface area contributed by atoms with Crippen LogP contribution in [0.25, 0.3) is 0 Å². The van der Waals surface area contributed by atoms with Gasteiger partial charge in [-0.05, 0) is 48.7 Å². The molecule has 7 heteroatoms. The summed E-state index contributed by atoms with van der Waals surface area (Å²) in [5.41, 5.74) is 1.57. The summed E-state index contributed by atoms with van der Waals surface area (Å²) in [6, 6.07) is 14.0. The Hall–Kier alpha value is -2.38. The van der Waals surface area contributed by atoms with E-state index in [0.717, 1.165) is 37.0 Å². The van der Waals surface area contributed by atoms with Crippen molar-refractivity contribution < 1.29 is 17.9 Å². The minimum atomic E-state index is -3.49. The van der Waals surface area contributed by atoms with Crippen LogP contribution >= 0.6 is 0 Å². The number of amides is 1. The Morgan fingerprint density at radius 1 is 0.964 bits per heavy atom. The summed E-state index contributed by atoms with van der Waals surface area (Å²) >= 11 is 0. The normalized spacial score (nSPS) is 20.1. The van der Waals surface area contributed by atoms with Crippen molar-refractivity contribution in [3.05, 3.63) is 54.1 Å². The number of carbonyl (C=O) groups excluding carboxylic acids is 1. The minimum Gasteiger partial charge on any atom is -0.480 e. The van der Waals surface area contributed by atoms with E-state index in [-0.39, 0.29) is 10.8 Å². The molecule has 2 aromatic carbocycles. The maximum Gasteiger partial charge on any atom is 0.265 e. The van der Waals surface area contributed by atoms with Gasteiger partial charge in [0, 0.05) is 25.2 Å². The van der Waals surface area contributed by atoms with Crippen molar-refractivity contribution in [2.45, 2.75) is 43.1 Å². The van der Waals surface area contributed by atoms with Gasteiger partial charge in [0.05, 0.1) is 4.90 Å². The number of sulfonamides is 1. The third kappa shape index (κ3) is 3.91. The van der Waals surface area contributed by atoms with E-state index in [2.05, 4.69) is 5.32 Å². The van der Waals surface area contributed by atoms with E-state index in [1.165, 1.54) is 0 Å². The highest BCUT2D eigenvalue weighted by atomic mass is 32.2. The number of anilines is 1. The first-order valence-electron chi connectivity index (χ1n) is 9.70. The average Bonchev–Trinajstić information content (AvgIpc) is 2.94. The van der Waals surface area contributed by atoms with Gasteiger partial charge in [-0.25, -0.2) is 8.42 Å². The second-order valence-electron chi connectivity index (χ2n) is 7.25. The minimum absolute atomic E-state index is 0.237. The highest BCUT2D eigenvalue weighted by molar-refractivity contribution is 7.89. The predicted octanol–water partition coefficient (Wildman–Crippen LogP) is 3.19. The molecule has 0 aromatic heterocycles. The number of benzene rings is 2. The van der Waals surface area contributed by atoms with E-state index in [1.54, 1.807) is 28.6 Å². The van der Waals surface area contributed by atoms with Crippen LogP contribution in [0.5, 0.6) is 5.75 Å². The molecule has 1 N–H and O–H groups in total. The summed E-state index contributed by atoms with van der Waals surface area (Å²) in [5.74, 6) is 0.501. The van der Waals surface area contributed by atoms with Crippen molar-refractivity contribution in [2.75, 3.05) is 18.4 Å². The lowest BCUT2D eigenvalue weighted by Crippen LogP contribution is -2.32. The number of nitrogens with one attached hydrogen (secondary N) is 1. The zero-order valence-corrected chi connectivity index (χ0v) is 16.5. The van der Waals surface area contributed by atoms with Crippen LogP contribution in [0.3, 0.4) is 0 Å². The fraction of sp³-hybridized carbons (Fsp3) is 0.381. The molecule has 1 amide bonds. The van der Waals surface area contributed by atoms with Crippen LogP contribution in [-0.4, -0.2) is 37.8 Å². The van der Waals surface area contributed by atoms with Crippen LogP contribution in [0.2, 0.25) is 0 Å². The first-order chi connectivity index (χ1) is 13.5. The second-order valence-corrected chi connectivity index (χ2v) is 9.19. The first-order valence-corrected chi connectivity index (χ1v) is 11.1. The average molecular weight is 401 g/mol. The lowest BCUT2D eigenvalue weighted by atomic mass is 10.1. The zero-order chi connectivity index (χ0) is 19.6. The topological polar surface area (TPSA) is 75.7 Å². The monoisotopic (exact) mass is 400 g/mol. The third-order valence-corrected chi connectivity index (χ3v) is 7.18. The number of para-hydroxylation sites is 1. The lowest BCUT2D eigenvalue weighted by molar-refractivity contribution is -0.122. The first kappa shape index (κ1) is 19.0. The summed E-state index contributed by atoms with van der Waals surface area (Å²) in [6.07, 6.45) is 3.91. The molecule has 1 fully saturated rings. The predicted molar refractivity (Wildman–Crippen MR) is 107 cm³/mol. The van der Waals surface area contributed by atoms with Crippen molar-refractivity contribution >= 4 is 21.6 Å². The largest absolute Gasteiger partial charge is 0.480 e. The Balaban J connectivity index is 1.41. The van der Waals surface area contributed by atoms with Crippen LogP contribution < -0.4 is 10.1 Å². The Morgan fingerprint density at radius 3 is 2.32 bits per heavy atom. The molecule has 1 saturated heterocycles. The number of rotatable bonds is 4. The van der Waals surface area contributed by atoms with Crippen molar-refractivity contribution in [1.82, 2.24) is 4.31 Å². The van der Waals surface area contributed by atoms with Crippen molar-refractivity contribution in [3.8, 4) is 5.75 Å². The summed E-state index contributed by atoms with van der Waals surface area (Å²) in [7, 11) is -3.49. The van der Waals surface area contributed by atoms with Crippen LogP contribution in [0.4, 0.5) is 5.69 Å². The SMILES string of the molecule is O=C(Nc1ccc(S(=O)(=O)N2CCCCCC2)cc1)C1Cc2ccccc2O1. The van der Waals surface area contributed by atoms with E-state index in [1.807, 2.05) is 24.3 Å². The summed E-state index contributed by atoms with van der Waals surface area (Å²) < 4.78 is 32.9. The van der Waals surface area contributed by atoms with E-state index in [9.17, 15) is 13.2 Å². The molecule has 2 aromatic rings. The van der Waals surface area contributed by atoms with Gasteiger partial charge in [-0.1, -0.05) is 31.0 Å². The van der Waals surface area contributed by atoms with Gasteiger partial charge in [0.2, 0.25) is 10.0 Å². The molecule has 2 aliphatic rings. The maximum absolute atomic E-state index is 12.8. The Labute approximate surface area is 165 Å². The molecule has 0 aliphatic carbocycles. The molecule has 28 heavy (non-hydrogen) atoms. The molecular weight excluding hydrogens is 376 g/mol. The molecule has 6 nitrogen and oxygen atoms in total. The van der Waals surface area contributed by atoms with E-state index in [4.69, 9.17) is 4.74 Å². The summed E-state index contributed by atoms with van der Waals surface area (Å²) in [6.45, 7) is 1.14. The number of fused-ring (bicyclic) bond motifs is 1. The molecule has 0 bridgehead atoms. The number of carbonyl (C=O) groups is 1. The van der Waals surface area contributed by atoms with Gasteiger partial charge in [0.25, 0.3) is 5.91 Å². The molecule has 1 atom stereocenters. The van der Waals surface area contributed by atoms with Crippen molar-refractivity contribution in [2.24, 2.45) is 0 Å². The molecule has 1 unspecified atom stereocenters. The molecule has 2 aliphatic heterocycles. The fourth-order valence-corrected chi connectivity index (χ4v) is 5.21. The van der Waals surface area contributed by atoms with Crippen LogP contribution in [0, 0.1) is 0 Å². The third-order valence-electron chi connectivity index (χ3n) is 5.26. The van der Waals surface area contributed by atoms with E-state index < -0.39 is 16.1 Å². The summed E-state index contributed by atoms with van der Waals surface area (Å²) in [4.78, 5) is 12.7. The van der Waals surface area contributed by atoms with Crippen LogP contribution in [-0.2, 0) is 21.2 Å². The Kier molecular flexibility index (Phi) is 5.37. The molecule has 2 heterocycles. The van der Waals surface area contributed by atoms with Gasteiger partial charge < -0.3 is 10.1 Å².